The van der Waals surface area contributed by atoms with E-state index in [-0.39, 0.29) is 18.1 Å². The summed E-state index contributed by atoms with van der Waals surface area (Å²) in [4.78, 5) is 26.6. The van der Waals surface area contributed by atoms with Crippen molar-refractivity contribution in [2.45, 2.75) is 19.3 Å². The molecule has 1 fully saturated rings. The smallest absolute Gasteiger partial charge is 0.335 e. The number of nitrogens with zero attached hydrogens (tertiary/aromatic N) is 1. The molecule has 0 aromatic heterocycles. The molecule has 0 aliphatic carbocycles. The van der Waals surface area contributed by atoms with Crippen LogP contribution in [0.3, 0.4) is 0 Å². The maximum absolute atomic E-state index is 13.0. The van der Waals surface area contributed by atoms with E-state index in [1.165, 1.54) is 25.0 Å². The molecular weight excluding hydrogens is 428 g/mol. The molecule has 0 radical (unpaired) electrons. The number of ether oxygens (including phenoxy) is 1. The fraction of sp³-hybridized carbons (Fsp3) is 0.286. The van der Waals surface area contributed by atoms with Gasteiger partial charge in [0.1, 0.15) is 12.4 Å². The summed E-state index contributed by atoms with van der Waals surface area (Å²) in [6.45, 7) is 3.97. The second-order valence-electron chi connectivity index (χ2n) is 8.52. The molecule has 0 saturated carbocycles. The third kappa shape index (κ3) is 6.23. The van der Waals surface area contributed by atoms with Gasteiger partial charge in [-0.15, -0.1) is 0 Å². The Labute approximate surface area is 199 Å². The van der Waals surface area contributed by atoms with Crippen molar-refractivity contribution in [1.82, 2.24) is 10.2 Å². The zero-order valence-electron chi connectivity index (χ0n) is 19.2. The summed E-state index contributed by atoms with van der Waals surface area (Å²) in [5.74, 6) is -0.443. The van der Waals surface area contributed by atoms with Crippen LogP contribution in [0.5, 0.6) is 5.75 Å². The van der Waals surface area contributed by atoms with Crippen molar-refractivity contribution in [3.63, 3.8) is 0 Å². The van der Waals surface area contributed by atoms with Gasteiger partial charge < -0.3 is 20.1 Å². The maximum Gasteiger partial charge on any atom is 0.335 e. The minimum Gasteiger partial charge on any atom is -0.488 e. The first-order valence-corrected chi connectivity index (χ1v) is 11.8. The number of nitrogens with one attached hydrogen (secondary N) is 1. The van der Waals surface area contributed by atoms with Crippen LogP contribution in [0.4, 0.5) is 0 Å². The molecule has 0 unspecified atom stereocenters. The lowest BCUT2D eigenvalue weighted by Crippen LogP contribution is -2.31. The van der Waals surface area contributed by atoms with Crippen molar-refractivity contribution in [2.24, 2.45) is 0 Å². The van der Waals surface area contributed by atoms with Crippen molar-refractivity contribution in [3.8, 4) is 5.75 Å². The van der Waals surface area contributed by atoms with E-state index in [9.17, 15) is 9.59 Å². The van der Waals surface area contributed by atoms with Gasteiger partial charge in [0.25, 0.3) is 5.91 Å². The van der Waals surface area contributed by atoms with Crippen molar-refractivity contribution in [1.29, 1.82) is 0 Å². The van der Waals surface area contributed by atoms with Gasteiger partial charge in [0.2, 0.25) is 0 Å². The van der Waals surface area contributed by atoms with Gasteiger partial charge >= 0.3 is 5.97 Å². The lowest BCUT2D eigenvalue weighted by molar-refractivity contribution is -0.117. The number of carbonyl (C=O) groups excluding carboxylic acids is 1. The summed E-state index contributed by atoms with van der Waals surface area (Å²) in [7, 11) is 0. The van der Waals surface area contributed by atoms with Crippen LogP contribution in [-0.4, -0.2) is 54.7 Å². The number of likely N-dealkylation sites (tertiary alicyclic amines) is 1. The van der Waals surface area contributed by atoms with Crippen LogP contribution in [0.15, 0.2) is 72.3 Å². The Hall–Kier alpha value is -3.64. The van der Waals surface area contributed by atoms with Gasteiger partial charge in [-0.25, -0.2) is 4.79 Å². The second-order valence-corrected chi connectivity index (χ2v) is 8.52. The Kier molecular flexibility index (Phi) is 7.94. The number of carboxylic acids is 1. The minimum atomic E-state index is -0.981. The summed E-state index contributed by atoms with van der Waals surface area (Å²) >= 11 is 0. The zero-order valence-corrected chi connectivity index (χ0v) is 19.2. The van der Waals surface area contributed by atoms with Gasteiger partial charge in [0, 0.05) is 11.9 Å². The highest BCUT2D eigenvalue weighted by Crippen LogP contribution is 2.25. The Morgan fingerprint density at radius 1 is 0.971 bits per heavy atom. The van der Waals surface area contributed by atoms with Crippen LogP contribution >= 0.6 is 0 Å². The zero-order chi connectivity index (χ0) is 23.8. The Morgan fingerprint density at radius 3 is 2.47 bits per heavy atom. The molecule has 34 heavy (non-hydrogen) atoms. The van der Waals surface area contributed by atoms with E-state index in [1.54, 1.807) is 18.2 Å². The number of benzene rings is 3. The topological polar surface area (TPSA) is 78.9 Å². The highest BCUT2D eigenvalue weighted by atomic mass is 16.5. The van der Waals surface area contributed by atoms with Crippen LogP contribution < -0.4 is 10.1 Å². The molecule has 1 aliphatic rings. The SMILES string of the molecule is O=C(NCCCN1CCCC1)/C(=C/c1ccc(C(=O)O)cc1)COc1cccc2ccccc12. The summed E-state index contributed by atoms with van der Waals surface area (Å²) in [6.07, 6.45) is 5.17. The van der Waals surface area contributed by atoms with Gasteiger partial charge in [-0.05, 0) is 74.1 Å². The molecule has 0 atom stereocenters. The molecule has 1 heterocycles. The van der Waals surface area contributed by atoms with Crippen molar-refractivity contribution >= 4 is 28.7 Å². The predicted molar refractivity (Wildman–Crippen MR) is 134 cm³/mol. The fourth-order valence-electron chi connectivity index (χ4n) is 4.20. The largest absolute Gasteiger partial charge is 0.488 e. The van der Waals surface area contributed by atoms with E-state index in [2.05, 4.69) is 10.2 Å². The molecule has 6 heteroatoms. The first-order chi connectivity index (χ1) is 16.6. The number of carbonyl (C=O) groups is 2. The summed E-state index contributed by atoms with van der Waals surface area (Å²) in [5, 5.41) is 14.2. The molecule has 0 spiro atoms. The van der Waals surface area contributed by atoms with Gasteiger partial charge in [0.05, 0.1) is 11.1 Å². The van der Waals surface area contributed by atoms with Crippen LogP contribution in [0.2, 0.25) is 0 Å². The number of fused-ring (bicyclic) bond motifs is 1. The maximum atomic E-state index is 13.0. The lowest BCUT2D eigenvalue weighted by Gasteiger charge is -2.15. The first-order valence-electron chi connectivity index (χ1n) is 11.8. The van der Waals surface area contributed by atoms with Crippen LogP contribution in [0.25, 0.3) is 16.8 Å². The van der Waals surface area contributed by atoms with E-state index in [1.807, 2.05) is 42.5 Å². The van der Waals surface area contributed by atoms with E-state index < -0.39 is 5.97 Å². The van der Waals surface area contributed by atoms with Crippen molar-refractivity contribution in [2.75, 3.05) is 32.8 Å². The van der Waals surface area contributed by atoms with Gasteiger partial charge in [-0.3, -0.25) is 4.79 Å². The second kappa shape index (κ2) is 11.5. The predicted octanol–water partition coefficient (Wildman–Crippen LogP) is 4.60. The summed E-state index contributed by atoms with van der Waals surface area (Å²) < 4.78 is 6.09. The number of aromatic carboxylic acids is 1. The molecule has 1 aliphatic heterocycles. The Bertz CT molecular complexity index is 1160. The van der Waals surface area contributed by atoms with E-state index >= 15 is 0 Å². The fourth-order valence-corrected chi connectivity index (χ4v) is 4.20. The normalized spacial score (nSPS) is 14.3. The number of hydrogen-bond acceptors (Lipinski definition) is 4. The van der Waals surface area contributed by atoms with E-state index in [4.69, 9.17) is 9.84 Å². The van der Waals surface area contributed by atoms with Gasteiger partial charge in [-0.2, -0.15) is 0 Å². The van der Waals surface area contributed by atoms with Crippen LogP contribution in [-0.2, 0) is 4.79 Å². The van der Waals surface area contributed by atoms with Crippen molar-refractivity contribution in [3.05, 3.63) is 83.4 Å². The van der Waals surface area contributed by atoms with Crippen molar-refractivity contribution < 1.29 is 19.4 Å². The standard InChI is InChI=1S/C28H30N2O4/c31-27(29-15-6-18-30-16-3-4-17-30)24(19-21-11-13-23(14-12-21)28(32)33)20-34-26-10-5-8-22-7-1-2-9-25(22)26/h1-2,5,7-14,19H,3-4,6,15-18,20H2,(H,29,31)(H,32,33)/b24-19+. The van der Waals surface area contributed by atoms with Gasteiger partial charge in [-0.1, -0.05) is 48.5 Å². The molecule has 0 bridgehead atoms. The molecule has 4 rings (SSSR count). The van der Waals surface area contributed by atoms with Crippen LogP contribution in [0.1, 0.15) is 35.2 Å². The summed E-state index contributed by atoms with van der Waals surface area (Å²) in [6, 6.07) is 20.3. The molecule has 2 N–H and O–H groups in total. The van der Waals surface area contributed by atoms with Gasteiger partial charge in [0.15, 0.2) is 0 Å². The average Bonchev–Trinajstić information content (AvgIpc) is 3.38. The Morgan fingerprint density at radius 2 is 1.71 bits per heavy atom. The third-order valence-electron chi connectivity index (χ3n) is 6.06. The third-order valence-corrected chi connectivity index (χ3v) is 6.06. The minimum absolute atomic E-state index is 0.104. The van der Waals surface area contributed by atoms with Crippen LogP contribution in [0, 0.1) is 0 Å². The van der Waals surface area contributed by atoms with E-state index in [0.717, 1.165) is 42.4 Å². The molecule has 3 aromatic rings. The molecule has 1 saturated heterocycles. The Balaban J connectivity index is 1.46. The number of rotatable bonds is 10. The van der Waals surface area contributed by atoms with E-state index in [0.29, 0.717) is 17.9 Å². The number of carboxylic acid groups (broad SMARTS) is 1. The molecule has 6 nitrogen and oxygen atoms in total. The molecule has 1 amide bonds. The molecule has 176 valence electrons. The highest BCUT2D eigenvalue weighted by Gasteiger charge is 2.14. The number of amides is 1. The average molecular weight is 459 g/mol. The quantitative estimate of drug-likeness (QED) is 0.343. The highest BCUT2D eigenvalue weighted by molar-refractivity contribution is 5.98. The number of hydrogen-bond donors (Lipinski definition) is 2. The monoisotopic (exact) mass is 458 g/mol. The first kappa shape index (κ1) is 23.5. The molecular formula is C28H30N2O4. The lowest BCUT2D eigenvalue weighted by atomic mass is 10.1. The molecule has 3 aromatic carbocycles. The summed E-state index contributed by atoms with van der Waals surface area (Å²) in [5.41, 5.74) is 1.43.